The van der Waals surface area contributed by atoms with Gasteiger partial charge in [-0.25, -0.2) is 9.78 Å². The number of para-hydroxylation sites is 1. The first-order valence-electron chi connectivity index (χ1n) is 9.97. The fraction of sp³-hybridized carbons (Fsp3) is 0.143. The Morgan fingerprint density at radius 1 is 1.18 bits per heavy atom. The van der Waals surface area contributed by atoms with Crippen LogP contribution < -0.4 is 9.73 Å². The SMILES string of the molecule is CCOC(=O)C1=NN(c2ccccc2)C(=O)[C@H]1N=Nc1ccc(NS(=O)(=O)c2nccs2)cc1. The van der Waals surface area contributed by atoms with Crippen molar-refractivity contribution in [1.29, 1.82) is 0 Å². The molecule has 1 aromatic heterocycles. The smallest absolute Gasteiger partial charge is 0.357 e. The molecule has 1 atom stereocenters. The summed E-state index contributed by atoms with van der Waals surface area (Å²) < 4.78 is 31.9. The van der Waals surface area contributed by atoms with Crippen molar-refractivity contribution < 1.29 is 22.7 Å². The second kappa shape index (κ2) is 9.89. The van der Waals surface area contributed by atoms with Crippen molar-refractivity contribution in [1.82, 2.24) is 4.98 Å². The summed E-state index contributed by atoms with van der Waals surface area (Å²) in [5.74, 6) is -1.31. The molecule has 1 aliphatic heterocycles. The largest absolute Gasteiger partial charge is 0.461 e. The molecule has 1 amide bonds. The molecule has 2 aromatic carbocycles. The molecule has 34 heavy (non-hydrogen) atoms. The summed E-state index contributed by atoms with van der Waals surface area (Å²) in [5, 5.41) is 14.9. The molecule has 0 unspecified atom stereocenters. The van der Waals surface area contributed by atoms with E-state index in [2.05, 4.69) is 25.0 Å². The Morgan fingerprint density at radius 2 is 1.91 bits per heavy atom. The van der Waals surface area contributed by atoms with Crippen LogP contribution in [0.3, 0.4) is 0 Å². The zero-order valence-electron chi connectivity index (χ0n) is 17.7. The highest BCUT2D eigenvalue weighted by Gasteiger charge is 2.41. The van der Waals surface area contributed by atoms with E-state index in [0.717, 1.165) is 16.3 Å². The van der Waals surface area contributed by atoms with E-state index in [1.807, 2.05) is 0 Å². The van der Waals surface area contributed by atoms with Crippen molar-refractivity contribution >= 4 is 56.0 Å². The van der Waals surface area contributed by atoms with Crippen LogP contribution in [0.1, 0.15) is 6.92 Å². The van der Waals surface area contributed by atoms with Gasteiger partial charge in [0.2, 0.25) is 10.4 Å². The number of thiazole rings is 1. The number of benzene rings is 2. The van der Waals surface area contributed by atoms with Crippen LogP contribution in [0.15, 0.2) is 85.8 Å². The molecule has 11 nitrogen and oxygen atoms in total. The minimum absolute atomic E-state index is 0.0511. The number of aromatic nitrogens is 1. The van der Waals surface area contributed by atoms with Gasteiger partial charge < -0.3 is 4.74 Å². The van der Waals surface area contributed by atoms with Gasteiger partial charge in [-0.3, -0.25) is 9.52 Å². The number of nitrogens with one attached hydrogen (secondary N) is 1. The zero-order valence-corrected chi connectivity index (χ0v) is 19.4. The van der Waals surface area contributed by atoms with E-state index in [-0.39, 0.29) is 16.7 Å². The van der Waals surface area contributed by atoms with E-state index in [9.17, 15) is 18.0 Å². The number of carbonyl (C=O) groups excluding carboxylic acids is 2. The fourth-order valence-corrected chi connectivity index (χ4v) is 4.81. The average Bonchev–Trinajstić information content (AvgIpc) is 3.48. The van der Waals surface area contributed by atoms with E-state index in [1.165, 1.54) is 30.5 Å². The summed E-state index contributed by atoms with van der Waals surface area (Å²) >= 11 is 0.999. The highest BCUT2D eigenvalue weighted by molar-refractivity contribution is 7.94. The van der Waals surface area contributed by atoms with Crippen LogP contribution in [-0.4, -0.2) is 43.6 Å². The third kappa shape index (κ3) is 5.00. The molecular weight excluding hydrogens is 480 g/mol. The van der Waals surface area contributed by atoms with Crippen LogP contribution in [-0.2, 0) is 24.3 Å². The second-order valence-corrected chi connectivity index (χ2v) is 9.51. The molecule has 4 rings (SSSR count). The lowest BCUT2D eigenvalue weighted by atomic mass is 10.2. The lowest BCUT2D eigenvalue weighted by molar-refractivity contribution is -0.135. The maximum Gasteiger partial charge on any atom is 0.357 e. The zero-order chi connectivity index (χ0) is 24.1. The molecule has 0 fully saturated rings. The molecule has 174 valence electrons. The van der Waals surface area contributed by atoms with Crippen LogP contribution in [0, 0.1) is 0 Å². The molecule has 0 saturated heterocycles. The molecule has 0 aliphatic carbocycles. The van der Waals surface area contributed by atoms with Gasteiger partial charge in [0.1, 0.15) is 0 Å². The third-order valence-electron chi connectivity index (χ3n) is 4.44. The number of esters is 1. The summed E-state index contributed by atoms with van der Waals surface area (Å²) in [7, 11) is -3.78. The molecule has 1 N–H and O–H groups in total. The van der Waals surface area contributed by atoms with Gasteiger partial charge in [-0.15, -0.1) is 11.3 Å². The monoisotopic (exact) mass is 498 g/mol. The maximum absolute atomic E-state index is 12.9. The fourth-order valence-electron chi connectivity index (χ4n) is 2.92. The van der Waals surface area contributed by atoms with E-state index in [4.69, 9.17) is 4.74 Å². The van der Waals surface area contributed by atoms with Gasteiger partial charge in [0, 0.05) is 17.3 Å². The number of anilines is 2. The number of rotatable bonds is 8. The van der Waals surface area contributed by atoms with Crippen LogP contribution in [0.4, 0.5) is 17.1 Å². The van der Waals surface area contributed by atoms with Gasteiger partial charge in [0.15, 0.2) is 5.71 Å². The van der Waals surface area contributed by atoms with Gasteiger partial charge in [0.25, 0.3) is 15.9 Å². The van der Waals surface area contributed by atoms with Crippen molar-refractivity contribution in [3.63, 3.8) is 0 Å². The van der Waals surface area contributed by atoms with E-state index in [1.54, 1.807) is 42.6 Å². The van der Waals surface area contributed by atoms with Crippen molar-refractivity contribution in [2.45, 2.75) is 17.3 Å². The summed E-state index contributed by atoms with van der Waals surface area (Å²) in [6.45, 7) is 1.75. The Morgan fingerprint density at radius 3 is 2.56 bits per heavy atom. The van der Waals surface area contributed by atoms with Crippen molar-refractivity contribution in [2.75, 3.05) is 16.3 Å². The third-order valence-corrected chi connectivity index (χ3v) is 7.02. The lowest BCUT2D eigenvalue weighted by Crippen LogP contribution is -2.33. The Bertz CT molecular complexity index is 1340. The van der Waals surface area contributed by atoms with Crippen LogP contribution in [0.2, 0.25) is 0 Å². The average molecular weight is 499 g/mol. The number of hydrogen-bond donors (Lipinski definition) is 1. The van der Waals surface area contributed by atoms with Crippen LogP contribution in [0.5, 0.6) is 0 Å². The first-order chi connectivity index (χ1) is 16.4. The number of amides is 1. The van der Waals surface area contributed by atoms with E-state index < -0.39 is 27.9 Å². The topological polar surface area (TPSA) is 143 Å². The van der Waals surface area contributed by atoms with E-state index in [0.29, 0.717) is 17.1 Å². The number of sulfonamides is 1. The first kappa shape index (κ1) is 23.2. The summed E-state index contributed by atoms with van der Waals surface area (Å²) in [6.07, 6.45) is 1.40. The Hall–Kier alpha value is -3.97. The molecule has 0 spiro atoms. The summed E-state index contributed by atoms with van der Waals surface area (Å²) in [4.78, 5) is 29.1. The minimum Gasteiger partial charge on any atom is -0.461 e. The first-order valence-corrected chi connectivity index (χ1v) is 12.3. The van der Waals surface area contributed by atoms with Crippen molar-refractivity contribution in [3.05, 3.63) is 66.2 Å². The number of hydrogen-bond acceptors (Lipinski definition) is 10. The van der Waals surface area contributed by atoms with Crippen LogP contribution >= 0.6 is 11.3 Å². The molecule has 1 aliphatic rings. The molecule has 0 bridgehead atoms. The molecule has 0 saturated carbocycles. The number of ether oxygens (including phenoxy) is 1. The van der Waals surface area contributed by atoms with Gasteiger partial charge in [-0.2, -0.15) is 28.8 Å². The standard InChI is InChI=1S/C21H18N6O5S2/c1-2-32-20(29)18-17(19(28)27(25-18)16-6-4-3-5-7-16)24-23-14-8-10-15(11-9-14)26-34(30,31)21-22-12-13-33-21/h3-13,17,26H,2H2,1H3/t17-/m0/s1. The van der Waals surface area contributed by atoms with E-state index >= 15 is 0 Å². The Balaban J connectivity index is 1.52. The summed E-state index contributed by atoms with van der Waals surface area (Å²) in [6, 6.07) is 13.4. The lowest BCUT2D eigenvalue weighted by Gasteiger charge is -2.11. The maximum atomic E-state index is 12.9. The minimum atomic E-state index is -3.78. The second-order valence-electron chi connectivity index (χ2n) is 6.76. The number of hydrazone groups is 1. The number of azo groups is 1. The number of carbonyl (C=O) groups is 2. The van der Waals surface area contributed by atoms with Crippen molar-refractivity contribution in [3.8, 4) is 0 Å². The highest BCUT2D eigenvalue weighted by Crippen LogP contribution is 2.25. The quantitative estimate of drug-likeness (QED) is 0.373. The van der Waals surface area contributed by atoms with Crippen LogP contribution in [0.25, 0.3) is 0 Å². The molecule has 0 radical (unpaired) electrons. The highest BCUT2D eigenvalue weighted by atomic mass is 32.2. The number of nitrogens with zero attached hydrogens (tertiary/aromatic N) is 5. The predicted octanol–water partition coefficient (Wildman–Crippen LogP) is 3.36. The van der Waals surface area contributed by atoms with Gasteiger partial charge >= 0.3 is 5.97 Å². The van der Waals surface area contributed by atoms with Crippen molar-refractivity contribution in [2.24, 2.45) is 15.3 Å². The molecule has 2 heterocycles. The Labute approximate surface area is 198 Å². The summed E-state index contributed by atoms with van der Waals surface area (Å²) in [5.41, 5.74) is 0.942. The molecule has 3 aromatic rings. The van der Waals surface area contributed by atoms with Gasteiger partial charge in [-0.1, -0.05) is 18.2 Å². The van der Waals surface area contributed by atoms with Gasteiger partial charge in [0.05, 0.1) is 18.0 Å². The Kier molecular flexibility index (Phi) is 6.75. The van der Waals surface area contributed by atoms with Gasteiger partial charge in [-0.05, 0) is 43.3 Å². The molecular formula is C21H18N6O5S2. The molecule has 13 heteroatoms. The normalized spacial score (nSPS) is 16.0. The predicted molar refractivity (Wildman–Crippen MR) is 126 cm³/mol.